The van der Waals surface area contributed by atoms with Crippen LogP contribution in [0.4, 0.5) is 0 Å². The van der Waals surface area contributed by atoms with Crippen LogP contribution in [0.25, 0.3) is 16.2 Å². The fourth-order valence-corrected chi connectivity index (χ4v) is 2.26. The summed E-state index contributed by atoms with van der Waals surface area (Å²) in [5.41, 5.74) is 0. The largest absolute Gasteiger partial charge is 0.463 e. The highest BCUT2D eigenvalue weighted by Crippen LogP contribution is 2.25. The van der Waals surface area contributed by atoms with Gasteiger partial charge < -0.3 is 4.74 Å². The van der Waals surface area contributed by atoms with Crippen molar-refractivity contribution in [1.82, 2.24) is 4.98 Å². The normalized spacial score (nSPS) is 11.1. The van der Waals surface area contributed by atoms with Crippen LogP contribution in [-0.2, 0) is 9.53 Å². The first kappa shape index (κ1) is 10.8. The van der Waals surface area contributed by atoms with E-state index in [1.54, 1.807) is 30.5 Å². The lowest BCUT2D eigenvalue weighted by Crippen LogP contribution is -1.98. The SMILES string of the molecule is CCOC(=O)C=Cc1cc2cnccc2s1. The molecule has 0 spiro atoms. The molecule has 0 unspecified atom stereocenters. The van der Waals surface area contributed by atoms with Gasteiger partial charge in [-0.25, -0.2) is 4.79 Å². The predicted octanol–water partition coefficient (Wildman–Crippen LogP) is 2.87. The van der Waals surface area contributed by atoms with Crippen molar-refractivity contribution < 1.29 is 9.53 Å². The van der Waals surface area contributed by atoms with Crippen molar-refractivity contribution in [3.8, 4) is 0 Å². The van der Waals surface area contributed by atoms with Gasteiger partial charge >= 0.3 is 5.97 Å². The molecule has 0 radical (unpaired) electrons. The molecule has 0 saturated heterocycles. The number of nitrogens with zero attached hydrogens (tertiary/aromatic N) is 1. The van der Waals surface area contributed by atoms with Crippen molar-refractivity contribution in [3.05, 3.63) is 35.5 Å². The molecule has 0 bridgehead atoms. The Morgan fingerprint density at radius 3 is 3.25 bits per heavy atom. The molecule has 2 rings (SSSR count). The van der Waals surface area contributed by atoms with Gasteiger partial charge in [-0.2, -0.15) is 0 Å². The number of rotatable bonds is 3. The maximum absolute atomic E-state index is 11.1. The van der Waals surface area contributed by atoms with Gasteiger partial charge in [0.05, 0.1) is 6.61 Å². The van der Waals surface area contributed by atoms with E-state index in [-0.39, 0.29) is 5.97 Å². The highest BCUT2D eigenvalue weighted by molar-refractivity contribution is 7.19. The molecular weight excluding hydrogens is 222 g/mol. The van der Waals surface area contributed by atoms with E-state index in [0.29, 0.717) is 6.61 Å². The summed E-state index contributed by atoms with van der Waals surface area (Å²) in [4.78, 5) is 16.2. The third-order valence-corrected chi connectivity index (χ3v) is 3.09. The van der Waals surface area contributed by atoms with Gasteiger partial charge in [-0.05, 0) is 25.1 Å². The van der Waals surface area contributed by atoms with Gasteiger partial charge in [-0.3, -0.25) is 4.98 Å². The van der Waals surface area contributed by atoms with Crippen LogP contribution in [0.1, 0.15) is 11.8 Å². The Labute approximate surface area is 97.4 Å². The molecule has 0 fully saturated rings. The van der Waals surface area contributed by atoms with Gasteiger partial charge in [-0.1, -0.05) is 0 Å². The van der Waals surface area contributed by atoms with Crippen molar-refractivity contribution in [2.45, 2.75) is 6.92 Å². The van der Waals surface area contributed by atoms with Crippen LogP contribution in [0.5, 0.6) is 0 Å². The molecule has 0 aliphatic heterocycles. The molecule has 0 aromatic carbocycles. The van der Waals surface area contributed by atoms with Crippen molar-refractivity contribution in [3.63, 3.8) is 0 Å². The third kappa shape index (κ3) is 2.46. The molecule has 0 aliphatic carbocycles. The second-order valence-electron chi connectivity index (χ2n) is 3.15. The van der Waals surface area contributed by atoms with E-state index in [1.807, 2.05) is 18.3 Å². The van der Waals surface area contributed by atoms with E-state index < -0.39 is 0 Å². The first-order valence-corrected chi connectivity index (χ1v) is 5.79. The van der Waals surface area contributed by atoms with Crippen molar-refractivity contribution in [2.75, 3.05) is 6.61 Å². The Kier molecular flexibility index (Phi) is 3.31. The Morgan fingerprint density at radius 1 is 1.62 bits per heavy atom. The molecule has 82 valence electrons. The highest BCUT2D eigenvalue weighted by Gasteiger charge is 1.99. The topological polar surface area (TPSA) is 39.2 Å². The first-order chi connectivity index (χ1) is 7.79. The highest BCUT2D eigenvalue weighted by atomic mass is 32.1. The maximum atomic E-state index is 11.1. The Bertz CT molecular complexity index is 498. The van der Waals surface area contributed by atoms with E-state index in [0.717, 1.165) is 10.3 Å². The van der Waals surface area contributed by atoms with Gasteiger partial charge in [0.15, 0.2) is 0 Å². The second kappa shape index (κ2) is 4.90. The minimum atomic E-state index is -0.307. The Hall–Kier alpha value is -1.68. The van der Waals surface area contributed by atoms with Crippen LogP contribution in [0.3, 0.4) is 0 Å². The quantitative estimate of drug-likeness (QED) is 0.604. The average Bonchev–Trinajstić information content (AvgIpc) is 2.69. The number of aromatic nitrogens is 1. The molecule has 0 saturated carbocycles. The first-order valence-electron chi connectivity index (χ1n) is 4.98. The molecule has 0 amide bonds. The fraction of sp³-hybridized carbons (Fsp3) is 0.167. The van der Waals surface area contributed by atoms with Gasteiger partial charge in [-0.15, -0.1) is 11.3 Å². The molecule has 2 aromatic heterocycles. The molecule has 0 atom stereocenters. The summed E-state index contributed by atoms with van der Waals surface area (Å²) in [6, 6.07) is 3.96. The molecular formula is C12H11NO2S. The van der Waals surface area contributed by atoms with Crippen LogP contribution in [0.15, 0.2) is 30.6 Å². The van der Waals surface area contributed by atoms with Gasteiger partial charge in [0.1, 0.15) is 0 Å². The molecule has 0 aliphatic rings. The fourth-order valence-electron chi connectivity index (χ4n) is 1.33. The molecule has 2 aromatic rings. The summed E-state index contributed by atoms with van der Waals surface area (Å²) >= 11 is 1.62. The number of fused-ring (bicyclic) bond motifs is 1. The number of ether oxygens (including phenoxy) is 1. The summed E-state index contributed by atoms with van der Waals surface area (Å²) in [5.74, 6) is -0.307. The minimum Gasteiger partial charge on any atom is -0.463 e. The number of pyridine rings is 1. The van der Waals surface area contributed by atoms with Gasteiger partial charge in [0, 0.05) is 33.4 Å². The zero-order chi connectivity index (χ0) is 11.4. The van der Waals surface area contributed by atoms with Crippen LogP contribution < -0.4 is 0 Å². The van der Waals surface area contributed by atoms with E-state index >= 15 is 0 Å². The standard InChI is InChI=1S/C12H11NO2S/c1-2-15-12(14)4-3-10-7-9-8-13-6-5-11(9)16-10/h3-8H,2H2,1H3. The molecule has 0 N–H and O–H groups in total. The maximum Gasteiger partial charge on any atom is 0.330 e. The number of hydrogen-bond acceptors (Lipinski definition) is 4. The average molecular weight is 233 g/mol. The lowest BCUT2D eigenvalue weighted by Gasteiger charge is -1.93. The van der Waals surface area contributed by atoms with E-state index in [4.69, 9.17) is 4.74 Å². The number of carbonyl (C=O) groups is 1. The van der Waals surface area contributed by atoms with E-state index in [1.165, 1.54) is 10.8 Å². The van der Waals surface area contributed by atoms with E-state index in [9.17, 15) is 4.79 Å². The van der Waals surface area contributed by atoms with Crippen LogP contribution in [0, 0.1) is 0 Å². The number of carbonyl (C=O) groups excluding carboxylic acids is 1. The summed E-state index contributed by atoms with van der Waals surface area (Å²) < 4.78 is 5.97. The number of esters is 1. The lowest BCUT2D eigenvalue weighted by atomic mass is 10.3. The predicted molar refractivity (Wildman–Crippen MR) is 65.3 cm³/mol. The summed E-state index contributed by atoms with van der Waals surface area (Å²) in [6.45, 7) is 2.19. The van der Waals surface area contributed by atoms with Crippen LogP contribution in [0.2, 0.25) is 0 Å². The number of hydrogen-bond donors (Lipinski definition) is 0. The van der Waals surface area contributed by atoms with Gasteiger partial charge in [0.25, 0.3) is 0 Å². The monoisotopic (exact) mass is 233 g/mol. The number of thiophene rings is 1. The minimum absolute atomic E-state index is 0.307. The molecule has 4 heteroatoms. The smallest absolute Gasteiger partial charge is 0.330 e. The second-order valence-corrected chi connectivity index (χ2v) is 4.26. The zero-order valence-corrected chi connectivity index (χ0v) is 9.66. The zero-order valence-electron chi connectivity index (χ0n) is 8.84. The van der Waals surface area contributed by atoms with Crippen molar-refractivity contribution in [1.29, 1.82) is 0 Å². The third-order valence-electron chi connectivity index (χ3n) is 2.01. The molecule has 16 heavy (non-hydrogen) atoms. The Morgan fingerprint density at radius 2 is 2.50 bits per heavy atom. The summed E-state index contributed by atoms with van der Waals surface area (Å²) in [6.07, 6.45) is 6.79. The Balaban J connectivity index is 2.18. The van der Waals surface area contributed by atoms with Crippen LogP contribution >= 0.6 is 11.3 Å². The summed E-state index contributed by atoms with van der Waals surface area (Å²) in [5, 5.41) is 1.09. The molecule has 2 heterocycles. The van der Waals surface area contributed by atoms with Gasteiger partial charge in [0.2, 0.25) is 0 Å². The van der Waals surface area contributed by atoms with E-state index in [2.05, 4.69) is 4.98 Å². The lowest BCUT2D eigenvalue weighted by molar-refractivity contribution is -0.137. The van der Waals surface area contributed by atoms with Crippen molar-refractivity contribution in [2.24, 2.45) is 0 Å². The molecule has 3 nitrogen and oxygen atoms in total. The summed E-state index contributed by atoms with van der Waals surface area (Å²) in [7, 11) is 0. The van der Waals surface area contributed by atoms with Crippen molar-refractivity contribution >= 4 is 33.5 Å². The van der Waals surface area contributed by atoms with Crippen LogP contribution in [-0.4, -0.2) is 17.6 Å².